The normalized spacial score (nSPS) is 19.1. The van der Waals surface area contributed by atoms with E-state index >= 15 is 0 Å². The van der Waals surface area contributed by atoms with E-state index in [1.165, 1.54) is 11.6 Å². The van der Waals surface area contributed by atoms with Crippen LogP contribution in [0.1, 0.15) is 47.4 Å². The summed E-state index contributed by atoms with van der Waals surface area (Å²) in [6.07, 6.45) is 3.12. The molecule has 0 spiro atoms. The van der Waals surface area contributed by atoms with Gasteiger partial charge in [-0.2, -0.15) is 13.2 Å². The van der Waals surface area contributed by atoms with Gasteiger partial charge in [0, 0.05) is 36.9 Å². The molecule has 0 unspecified atom stereocenters. The summed E-state index contributed by atoms with van der Waals surface area (Å²) in [4.78, 5) is 16.1. The van der Waals surface area contributed by atoms with Gasteiger partial charge in [-0.3, -0.25) is 9.79 Å². The molecule has 2 aromatic carbocycles. The van der Waals surface area contributed by atoms with Gasteiger partial charge >= 0.3 is 6.18 Å². The van der Waals surface area contributed by atoms with E-state index in [0.717, 1.165) is 36.0 Å². The highest BCUT2D eigenvalue weighted by molar-refractivity contribution is 6.07. The van der Waals surface area contributed by atoms with Crippen molar-refractivity contribution in [1.82, 2.24) is 5.32 Å². The Kier molecular flexibility index (Phi) is 6.76. The van der Waals surface area contributed by atoms with Crippen molar-refractivity contribution in [3.8, 4) is 0 Å². The van der Waals surface area contributed by atoms with Crippen LogP contribution < -0.4 is 11.1 Å². The first-order chi connectivity index (χ1) is 17.8. The molecule has 0 bridgehead atoms. The van der Waals surface area contributed by atoms with Crippen LogP contribution in [0, 0.1) is 0 Å². The number of alkyl halides is 3. The van der Waals surface area contributed by atoms with Crippen LogP contribution in [0.15, 0.2) is 88.8 Å². The number of nitrogens with two attached hydrogens (primary N) is 1. The molecular weight excluding hydrogens is 475 g/mol. The number of nitrogens with zero attached hydrogens (tertiary/aromatic N) is 1. The highest BCUT2D eigenvalue weighted by Gasteiger charge is 2.50. The van der Waals surface area contributed by atoms with Crippen LogP contribution in [0.25, 0.3) is 6.08 Å². The predicted molar refractivity (Wildman–Crippen MR) is 139 cm³/mol. The number of nitrogens with one attached hydrogen (secondary N) is 1. The number of primary amides is 1. The molecule has 1 aliphatic carbocycles. The SMILES string of the molecule is NC(=O)C1(c2ccccc2CCC2=C=CC(C=Cc3ccc(C4CNC4)cc3)=NC=C2C(F)(F)F)CC1. The maximum atomic E-state index is 13.9. The minimum atomic E-state index is -4.56. The van der Waals surface area contributed by atoms with E-state index in [1.54, 1.807) is 6.08 Å². The number of allylic oxidation sites excluding steroid dienone is 3. The van der Waals surface area contributed by atoms with Crippen LogP contribution in [0.2, 0.25) is 0 Å². The van der Waals surface area contributed by atoms with Crippen LogP contribution >= 0.6 is 0 Å². The minimum Gasteiger partial charge on any atom is -0.369 e. The first-order valence-corrected chi connectivity index (χ1v) is 12.4. The average Bonchev–Trinajstić information content (AvgIpc) is 3.66. The van der Waals surface area contributed by atoms with Crippen LogP contribution in [-0.4, -0.2) is 30.9 Å². The lowest BCUT2D eigenvalue weighted by molar-refractivity contribution is -0.120. The maximum absolute atomic E-state index is 13.9. The molecule has 0 aromatic heterocycles. The van der Waals surface area contributed by atoms with Crippen molar-refractivity contribution in [2.24, 2.45) is 10.7 Å². The zero-order valence-electron chi connectivity index (χ0n) is 20.3. The highest BCUT2D eigenvalue weighted by Crippen LogP contribution is 2.49. The molecular formula is C30H28F3N3O. The van der Waals surface area contributed by atoms with Gasteiger partial charge in [0.2, 0.25) is 5.91 Å². The fourth-order valence-corrected chi connectivity index (χ4v) is 4.86. The number of carbonyl (C=O) groups excluding carboxylic acids is 1. The second-order valence-corrected chi connectivity index (χ2v) is 9.82. The van der Waals surface area contributed by atoms with Gasteiger partial charge in [-0.15, -0.1) is 5.73 Å². The quantitative estimate of drug-likeness (QED) is 0.466. The fraction of sp³-hybridized carbons (Fsp3) is 0.300. The maximum Gasteiger partial charge on any atom is 0.418 e. The first-order valence-electron chi connectivity index (χ1n) is 12.4. The lowest BCUT2D eigenvalue weighted by Crippen LogP contribution is -2.39. The number of benzene rings is 2. The smallest absolute Gasteiger partial charge is 0.369 e. The van der Waals surface area contributed by atoms with Crippen molar-refractivity contribution in [2.75, 3.05) is 13.1 Å². The Balaban J connectivity index is 1.35. The van der Waals surface area contributed by atoms with E-state index in [1.807, 2.05) is 42.5 Å². The number of amides is 1. The van der Waals surface area contributed by atoms with E-state index in [-0.39, 0.29) is 17.9 Å². The summed E-state index contributed by atoms with van der Waals surface area (Å²) in [6, 6.07) is 15.5. The van der Waals surface area contributed by atoms with Crippen LogP contribution in [0.3, 0.4) is 0 Å². The van der Waals surface area contributed by atoms with Gasteiger partial charge in [0.15, 0.2) is 0 Å². The van der Waals surface area contributed by atoms with Crippen LogP contribution in [-0.2, 0) is 16.6 Å². The summed E-state index contributed by atoms with van der Waals surface area (Å²) >= 11 is 0. The summed E-state index contributed by atoms with van der Waals surface area (Å²) in [5.41, 5.74) is 11.3. The Morgan fingerprint density at radius 1 is 1.08 bits per heavy atom. The van der Waals surface area contributed by atoms with Crippen molar-refractivity contribution >= 4 is 17.7 Å². The summed E-state index contributed by atoms with van der Waals surface area (Å²) in [6.45, 7) is 1.97. The molecule has 2 heterocycles. The Bertz CT molecular complexity index is 1350. The molecule has 3 N–H and O–H groups in total. The average molecular weight is 504 g/mol. The Hall–Kier alpha value is -3.67. The number of halogens is 3. The molecule has 2 aliphatic heterocycles. The van der Waals surface area contributed by atoms with Gasteiger partial charge < -0.3 is 11.1 Å². The molecule has 7 heteroatoms. The third kappa shape index (κ3) is 5.38. The number of aliphatic imine (C=N–C) groups is 1. The summed E-state index contributed by atoms with van der Waals surface area (Å²) in [5.74, 6) is 0.156. The third-order valence-electron chi connectivity index (χ3n) is 7.40. The molecule has 2 fully saturated rings. The van der Waals surface area contributed by atoms with Gasteiger partial charge in [-0.05, 0) is 54.0 Å². The van der Waals surface area contributed by atoms with Crippen molar-refractivity contribution in [2.45, 2.75) is 43.2 Å². The molecule has 1 saturated heterocycles. The van der Waals surface area contributed by atoms with Gasteiger partial charge in [0.1, 0.15) is 0 Å². The number of carbonyl (C=O) groups is 1. The largest absolute Gasteiger partial charge is 0.418 e. The number of rotatable bonds is 8. The van der Waals surface area contributed by atoms with Crippen molar-refractivity contribution in [1.29, 1.82) is 0 Å². The van der Waals surface area contributed by atoms with Crippen molar-refractivity contribution in [3.05, 3.63) is 106 Å². The topological polar surface area (TPSA) is 67.5 Å². The Morgan fingerprint density at radius 2 is 1.81 bits per heavy atom. The van der Waals surface area contributed by atoms with E-state index < -0.39 is 17.2 Å². The van der Waals surface area contributed by atoms with Crippen molar-refractivity contribution in [3.63, 3.8) is 0 Å². The van der Waals surface area contributed by atoms with Crippen molar-refractivity contribution < 1.29 is 18.0 Å². The van der Waals surface area contributed by atoms with Crippen LogP contribution in [0.4, 0.5) is 13.2 Å². The molecule has 3 aliphatic rings. The predicted octanol–water partition coefficient (Wildman–Crippen LogP) is 5.52. The van der Waals surface area contributed by atoms with Crippen LogP contribution in [0.5, 0.6) is 0 Å². The zero-order valence-corrected chi connectivity index (χ0v) is 20.3. The lowest BCUT2D eigenvalue weighted by atomic mass is 9.87. The van der Waals surface area contributed by atoms with E-state index in [4.69, 9.17) is 5.73 Å². The number of aryl methyl sites for hydroxylation is 1. The van der Waals surface area contributed by atoms with Gasteiger partial charge in [-0.25, -0.2) is 0 Å². The van der Waals surface area contributed by atoms with E-state index in [2.05, 4.69) is 28.2 Å². The summed E-state index contributed by atoms with van der Waals surface area (Å²) < 4.78 is 41.7. The second kappa shape index (κ2) is 10.0. The molecule has 37 heavy (non-hydrogen) atoms. The first kappa shape index (κ1) is 25.0. The second-order valence-electron chi connectivity index (χ2n) is 9.82. The van der Waals surface area contributed by atoms with E-state index in [9.17, 15) is 18.0 Å². The highest BCUT2D eigenvalue weighted by atomic mass is 19.4. The molecule has 5 rings (SSSR count). The summed E-state index contributed by atoms with van der Waals surface area (Å²) in [5, 5.41) is 3.25. The molecule has 1 amide bonds. The van der Waals surface area contributed by atoms with E-state index in [0.29, 0.717) is 30.9 Å². The Morgan fingerprint density at radius 3 is 2.43 bits per heavy atom. The summed E-state index contributed by atoms with van der Waals surface area (Å²) in [7, 11) is 0. The number of hydrogen-bond acceptors (Lipinski definition) is 3. The molecule has 0 atom stereocenters. The fourth-order valence-electron chi connectivity index (χ4n) is 4.86. The van der Waals surface area contributed by atoms with Gasteiger partial charge in [-0.1, -0.05) is 54.6 Å². The minimum absolute atomic E-state index is 0.0387. The zero-order chi connectivity index (χ0) is 26.0. The molecule has 0 radical (unpaired) electrons. The van der Waals surface area contributed by atoms with Gasteiger partial charge in [0.05, 0.1) is 16.7 Å². The number of hydrogen-bond donors (Lipinski definition) is 2. The van der Waals surface area contributed by atoms with Gasteiger partial charge in [0.25, 0.3) is 0 Å². The monoisotopic (exact) mass is 503 g/mol. The Labute approximate surface area is 214 Å². The molecule has 190 valence electrons. The molecule has 2 aromatic rings. The third-order valence-corrected chi connectivity index (χ3v) is 7.40. The molecule has 4 nitrogen and oxygen atoms in total. The lowest BCUT2D eigenvalue weighted by Gasteiger charge is -2.27. The standard InChI is InChI=1S/C30H28F3N3O/c31-30(32,33)27-19-36-25(13-7-20-5-8-21(9-6-20)24-17-35-18-24)14-12-23(27)11-10-22-3-1-2-4-26(22)29(15-16-29)28(34)37/h1-9,13-14,19,24,35H,10-11,15-18H2,(H2,34,37). The molecule has 1 saturated carbocycles.